The molecule has 1 fully saturated rings. The van der Waals surface area contributed by atoms with Crippen LogP contribution in [0.1, 0.15) is 25.5 Å². The number of nitrogens with two attached hydrogens (primary N) is 1. The fraction of sp³-hybridized carbons (Fsp3) is 0.429. The molecule has 3 rings (SSSR count). The zero-order valence-electron chi connectivity index (χ0n) is 11.8. The van der Waals surface area contributed by atoms with E-state index in [0.29, 0.717) is 17.9 Å². The number of nitrogens with zero attached hydrogens (tertiary/aromatic N) is 4. The van der Waals surface area contributed by atoms with Crippen LogP contribution in [0.2, 0.25) is 0 Å². The van der Waals surface area contributed by atoms with E-state index < -0.39 is 6.03 Å². The molecule has 2 aliphatic heterocycles. The standard InChI is InChI=1S/C14H17N5O2/c1-9-3-2-6-18-12(20)7-11(10-4-5-16-8-17-10)19(13(9)18)14(15)21/h4-5,7-9,13H,2-3,6H2,1H3,(H2,15,21). The van der Waals surface area contributed by atoms with Crippen LogP contribution in [0.3, 0.4) is 0 Å². The van der Waals surface area contributed by atoms with Crippen LogP contribution in [-0.4, -0.2) is 44.4 Å². The Kier molecular flexibility index (Phi) is 3.32. The molecule has 110 valence electrons. The van der Waals surface area contributed by atoms with Gasteiger partial charge in [0.05, 0.1) is 11.4 Å². The van der Waals surface area contributed by atoms with Crippen LogP contribution in [0.15, 0.2) is 24.7 Å². The lowest BCUT2D eigenvalue weighted by Crippen LogP contribution is -2.61. The van der Waals surface area contributed by atoms with Gasteiger partial charge in [-0.1, -0.05) is 6.92 Å². The zero-order chi connectivity index (χ0) is 15.0. The summed E-state index contributed by atoms with van der Waals surface area (Å²) in [4.78, 5) is 35.5. The number of amides is 3. The summed E-state index contributed by atoms with van der Waals surface area (Å²) in [6, 6.07) is 1.09. The van der Waals surface area contributed by atoms with Crippen molar-refractivity contribution in [2.24, 2.45) is 11.7 Å². The minimum Gasteiger partial charge on any atom is -0.351 e. The third-order valence-corrected chi connectivity index (χ3v) is 4.04. The van der Waals surface area contributed by atoms with Crippen molar-refractivity contribution in [3.63, 3.8) is 0 Å². The summed E-state index contributed by atoms with van der Waals surface area (Å²) in [5.74, 6) is 0.0680. The Hall–Kier alpha value is -2.44. The van der Waals surface area contributed by atoms with Crippen LogP contribution in [-0.2, 0) is 4.79 Å². The summed E-state index contributed by atoms with van der Waals surface area (Å²) in [6.45, 7) is 2.67. The first kappa shape index (κ1) is 13.5. The highest BCUT2D eigenvalue weighted by Gasteiger charge is 2.42. The fourth-order valence-corrected chi connectivity index (χ4v) is 3.11. The molecule has 1 aromatic rings. The number of hydrogen-bond donors (Lipinski definition) is 1. The highest BCUT2D eigenvalue weighted by Crippen LogP contribution is 2.34. The molecule has 1 aromatic heterocycles. The van der Waals surface area contributed by atoms with E-state index in [4.69, 9.17) is 5.73 Å². The Morgan fingerprint density at radius 3 is 2.95 bits per heavy atom. The van der Waals surface area contributed by atoms with Crippen molar-refractivity contribution in [2.75, 3.05) is 6.54 Å². The number of piperidine rings is 1. The van der Waals surface area contributed by atoms with Gasteiger partial charge in [0.15, 0.2) is 0 Å². The molecule has 7 heteroatoms. The van der Waals surface area contributed by atoms with Crippen LogP contribution >= 0.6 is 0 Å². The van der Waals surface area contributed by atoms with Crippen molar-refractivity contribution >= 4 is 17.6 Å². The first-order chi connectivity index (χ1) is 10.1. The molecule has 0 aliphatic carbocycles. The second-order valence-corrected chi connectivity index (χ2v) is 5.40. The highest BCUT2D eigenvalue weighted by molar-refractivity contribution is 6.00. The number of aromatic nitrogens is 2. The number of urea groups is 1. The third-order valence-electron chi connectivity index (χ3n) is 4.04. The van der Waals surface area contributed by atoms with Crippen LogP contribution in [0.4, 0.5) is 4.79 Å². The summed E-state index contributed by atoms with van der Waals surface area (Å²) in [6.07, 6.45) is 5.95. The van der Waals surface area contributed by atoms with Crippen molar-refractivity contribution in [3.05, 3.63) is 30.4 Å². The quantitative estimate of drug-likeness (QED) is 0.826. The molecule has 2 atom stereocenters. The molecule has 1 saturated heterocycles. The average molecular weight is 287 g/mol. The first-order valence-corrected chi connectivity index (χ1v) is 6.97. The van der Waals surface area contributed by atoms with Gasteiger partial charge >= 0.3 is 6.03 Å². The summed E-state index contributed by atoms with van der Waals surface area (Å²) >= 11 is 0. The van der Waals surface area contributed by atoms with Crippen molar-refractivity contribution in [2.45, 2.75) is 25.9 Å². The maximum Gasteiger partial charge on any atom is 0.321 e. The molecule has 0 radical (unpaired) electrons. The van der Waals surface area contributed by atoms with E-state index in [1.165, 1.54) is 17.3 Å². The second kappa shape index (κ2) is 5.16. The Balaban J connectivity index is 2.10. The van der Waals surface area contributed by atoms with Gasteiger partial charge in [0, 0.05) is 18.8 Å². The number of rotatable bonds is 1. The molecule has 7 nitrogen and oxygen atoms in total. The molecule has 0 spiro atoms. The Morgan fingerprint density at radius 1 is 1.48 bits per heavy atom. The monoisotopic (exact) mass is 287 g/mol. The van der Waals surface area contributed by atoms with Crippen molar-refractivity contribution in [1.82, 2.24) is 19.8 Å². The smallest absolute Gasteiger partial charge is 0.321 e. The average Bonchev–Trinajstić information content (AvgIpc) is 2.48. The zero-order valence-corrected chi connectivity index (χ0v) is 11.8. The van der Waals surface area contributed by atoms with Gasteiger partial charge in [-0.05, 0) is 24.8 Å². The van der Waals surface area contributed by atoms with E-state index in [-0.39, 0.29) is 18.0 Å². The predicted octanol–water partition coefficient (Wildman–Crippen LogP) is 0.796. The van der Waals surface area contributed by atoms with Gasteiger partial charge in [0.2, 0.25) is 5.91 Å². The van der Waals surface area contributed by atoms with E-state index in [9.17, 15) is 9.59 Å². The minimum atomic E-state index is -0.573. The number of fused-ring (bicyclic) bond motifs is 1. The summed E-state index contributed by atoms with van der Waals surface area (Å²) < 4.78 is 0. The summed E-state index contributed by atoms with van der Waals surface area (Å²) in [7, 11) is 0. The molecule has 21 heavy (non-hydrogen) atoms. The summed E-state index contributed by atoms with van der Waals surface area (Å²) in [5.41, 5.74) is 6.55. The van der Waals surface area contributed by atoms with E-state index in [0.717, 1.165) is 12.8 Å². The molecule has 2 aliphatic rings. The molecule has 0 saturated carbocycles. The van der Waals surface area contributed by atoms with Crippen LogP contribution < -0.4 is 5.73 Å². The molecule has 0 bridgehead atoms. The Morgan fingerprint density at radius 2 is 2.29 bits per heavy atom. The normalized spacial score (nSPS) is 25.4. The second-order valence-electron chi connectivity index (χ2n) is 5.40. The van der Waals surface area contributed by atoms with Crippen molar-refractivity contribution in [3.8, 4) is 0 Å². The SMILES string of the molecule is CC1CCCN2C(=O)C=C(c3ccncn3)N(C(N)=O)C12. The molecule has 2 unspecified atom stereocenters. The topological polar surface area (TPSA) is 92.4 Å². The van der Waals surface area contributed by atoms with Gasteiger partial charge in [0.1, 0.15) is 12.5 Å². The number of carbonyl (C=O) groups excluding carboxylic acids is 2. The van der Waals surface area contributed by atoms with Crippen molar-refractivity contribution < 1.29 is 9.59 Å². The molecule has 2 N–H and O–H groups in total. The maximum absolute atomic E-state index is 12.4. The number of primary amides is 1. The molecular weight excluding hydrogens is 270 g/mol. The van der Waals surface area contributed by atoms with Crippen molar-refractivity contribution in [1.29, 1.82) is 0 Å². The molecule has 0 aromatic carbocycles. The number of carbonyl (C=O) groups is 2. The molecule has 3 amide bonds. The van der Waals surface area contributed by atoms with Crippen LogP contribution in [0.5, 0.6) is 0 Å². The van der Waals surface area contributed by atoms with Gasteiger partial charge in [0.25, 0.3) is 0 Å². The molecular formula is C14H17N5O2. The number of hydrogen-bond acceptors (Lipinski definition) is 4. The lowest BCUT2D eigenvalue weighted by atomic mass is 9.92. The predicted molar refractivity (Wildman–Crippen MR) is 75.3 cm³/mol. The molecule has 3 heterocycles. The maximum atomic E-state index is 12.4. The van der Waals surface area contributed by atoms with E-state index >= 15 is 0 Å². The van der Waals surface area contributed by atoms with Gasteiger partial charge < -0.3 is 10.6 Å². The third kappa shape index (κ3) is 2.24. The van der Waals surface area contributed by atoms with Gasteiger partial charge in [-0.2, -0.15) is 0 Å². The lowest BCUT2D eigenvalue weighted by Gasteiger charge is -2.48. The van der Waals surface area contributed by atoms with Gasteiger partial charge in [-0.3, -0.25) is 9.69 Å². The van der Waals surface area contributed by atoms with E-state index in [2.05, 4.69) is 9.97 Å². The van der Waals surface area contributed by atoms with Gasteiger partial charge in [-0.15, -0.1) is 0 Å². The Labute approximate surface area is 122 Å². The minimum absolute atomic E-state index is 0.0994. The van der Waals surface area contributed by atoms with Crippen LogP contribution in [0, 0.1) is 5.92 Å². The summed E-state index contributed by atoms with van der Waals surface area (Å²) in [5, 5.41) is 0. The first-order valence-electron chi connectivity index (χ1n) is 6.97. The fourth-order valence-electron chi connectivity index (χ4n) is 3.11. The van der Waals surface area contributed by atoms with Gasteiger partial charge in [-0.25, -0.2) is 14.8 Å². The highest BCUT2D eigenvalue weighted by atomic mass is 16.2. The largest absolute Gasteiger partial charge is 0.351 e. The Bertz CT molecular complexity index is 601. The van der Waals surface area contributed by atoms with Crippen LogP contribution in [0.25, 0.3) is 5.70 Å². The van der Waals surface area contributed by atoms with E-state index in [1.807, 2.05) is 6.92 Å². The lowest BCUT2D eigenvalue weighted by molar-refractivity contribution is -0.135. The van der Waals surface area contributed by atoms with E-state index in [1.54, 1.807) is 17.2 Å².